The van der Waals surface area contributed by atoms with Crippen molar-refractivity contribution in [2.45, 2.75) is 33.1 Å². The Bertz CT molecular complexity index is 675. The van der Waals surface area contributed by atoms with E-state index in [0.29, 0.717) is 11.7 Å². The Balaban J connectivity index is 2.23. The van der Waals surface area contributed by atoms with E-state index in [1.54, 1.807) is 14.2 Å². The molecular weight excluding hydrogens is 286 g/mol. The van der Waals surface area contributed by atoms with E-state index in [1.165, 1.54) is 5.56 Å². The summed E-state index contributed by atoms with van der Waals surface area (Å²) >= 11 is 0. The summed E-state index contributed by atoms with van der Waals surface area (Å²) in [6.45, 7) is 6.48. The van der Waals surface area contributed by atoms with Crippen LogP contribution in [0.5, 0.6) is 11.5 Å². The minimum Gasteiger partial charge on any atom is -0.493 e. The predicted octanol–water partition coefficient (Wildman–Crippen LogP) is 5.28. The van der Waals surface area contributed by atoms with Gasteiger partial charge < -0.3 is 9.47 Å². The predicted molar refractivity (Wildman–Crippen MR) is 96.7 cm³/mol. The Morgan fingerprint density at radius 3 is 2.22 bits per heavy atom. The van der Waals surface area contributed by atoms with E-state index in [1.807, 2.05) is 25.3 Å². The molecule has 0 spiro atoms. The average Bonchev–Trinajstić information content (AvgIpc) is 2.60. The summed E-state index contributed by atoms with van der Waals surface area (Å²) in [5.74, 6) is 2.04. The first-order chi connectivity index (χ1) is 11.1. The van der Waals surface area contributed by atoms with Crippen LogP contribution in [0.2, 0.25) is 0 Å². The minimum atomic E-state index is 0.584. The molecule has 2 aromatic rings. The number of benzene rings is 2. The van der Waals surface area contributed by atoms with Gasteiger partial charge in [-0.1, -0.05) is 26.0 Å². The Labute approximate surface area is 139 Å². The Kier molecular flexibility index (Phi) is 5.80. The first-order valence-electron chi connectivity index (χ1n) is 7.95. The van der Waals surface area contributed by atoms with Crippen LogP contribution in [0.25, 0.3) is 0 Å². The summed E-state index contributed by atoms with van der Waals surface area (Å²) in [5, 5.41) is 0. The SMILES string of the molecule is CC[C@H](C)c1ccc(N=Cc2cc(OC)c(OC)cc2C)cc1. The second-order valence-electron chi connectivity index (χ2n) is 5.72. The van der Waals surface area contributed by atoms with Crippen LogP contribution in [-0.4, -0.2) is 20.4 Å². The first-order valence-corrected chi connectivity index (χ1v) is 7.95. The molecule has 2 rings (SSSR count). The van der Waals surface area contributed by atoms with Gasteiger partial charge in [0.1, 0.15) is 0 Å². The van der Waals surface area contributed by atoms with Crippen molar-refractivity contribution in [3.05, 3.63) is 53.1 Å². The third kappa shape index (κ3) is 4.13. The summed E-state index contributed by atoms with van der Waals surface area (Å²) in [4.78, 5) is 4.57. The molecule has 0 radical (unpaired) electrons. The molecule has 0 N–H and O–H groups in total. The lowest BCUT2D eigenvalue weighted by atomic mass is 9.99. The summed E-state index contributed by atoms with van der Waals surface area (Å²) in [6.07, 6.45) is 3.02. The molecule has 0 saturated heterocycles. The molecule has 23 heavy (non-hydrogen) atoms. The van der Waals surface area contributed by atoms with Gasteiger partial charge in [0.2, 0.25) is 0 Å². The van der Waals surface area contributed by atoms with Gasteiger partial charge in [-0.3, -0.25) is 4.99 Å². The maximum Gasteiger partial charge on any atom is 0.161 e. The maximum atomic E-state index is 5.35. The molecule has 0 amide bonds. The number of aryl methyl sites for hydroxylation is 1. The third-order valence-corrected chi connectivity index (χ3v) is 4.20. The fraction of sp³-hybridized carbons (Fsp3) is 0.350. The smallest absolute Gasteiger partial charge is 0.161 e. The first kappa shape index (κ1) is 17.1. The topological polar surface area (TPSA) is 30.8 Å². The molecule has 0 aromatic heterocycles. The van der Waals surface area contributed by atoms with E-state index >= 15 is 0 Å². The number of methoxy groups -OCH3 is 2. The monoisotopic (exact) mass is 311 g/mol. The molecule has 0 aliphatic carbocycles. The van der Waals surface area contributed by atoms with Crippen LogP contribution < -0.4 is 9.47 Å². The van der Waals surface area contributed by atoms with Gasteiger partial charge in [-0.15, -0.1) is 0 Å². The molecular formula is C20H25NO2. The molecule has 0 unspecified atom stereocenters. The van der Waals surface area contributed by atoms with Gasteiger partial charge in [0.25, 0.3) is 0 Å². The van der Waals surface area contributed by atoms with E-state index in [4.69, 9.17) is 9.47 Å². The molecule has 122 valence electrons. The highest BCUT2D eigenvalue weighted by Gasteiger charge is 2.07. The van der Waals surface area contributed by atoms with Crippen molar-refractivity contribution in [2.75, 3.05) is 14.2 Å². The van der Waals surface area contributed by atoms with E-state index < -0.39 is 0 Å². The molecule has 2 aromatic carbocycles. The zero-order valence-corrected chi connectivity index (χ0v) is 14.6. The van der Waals surface area contributed by atoms with Crippen molar-refractivity contribution < 1.29 is 9.47 Å². The van der Waals surface area contributed by atoms with E-state index in [-0.39, 0.29) is 0 Å². The van der Waals surface area contributed by atoms with Crippen LogP contribution in [0, 0.1) is 6.92 Å². The van der Waals surface area contributed by atoms with Crippen LogP contribution in [0.3, 0.4) is 0 Å². The summed E-state index contributed by atoms with van der Waals surface area (Å²) < 4.78 is 10.7. The highest BCUT2D eigenvalue weighted by atomic mass is 16.5. The Morgan fingerprint density at radius 1 is 1.04 bits per heavy atom. The number of hydrogen-bond donors (Lipinski definition) is 0. The Hall–Kier alpha value is -2.29. The second-order valence-corrected chi connectivity index (χ2v) is 5.72. The lowest BCUT2D eigenvalue weighted by Gasteiger charge is -2.10. The summed E-state index contributed by atoms with van der Waals surface area (Å²) in [7, 11) is 3.28. The number of ether oxygens (including phenoxy) is 2. The van der Waals surface area contributed by atoms with Gasteiger partial charge in [-0.05, 0) is 60.2 Å². The summed E-state index contributed by atoms with van der Waals surface area (Å²) in [6, 6.07) is 12.4. The lowest BCUT2D eigenvalue weighted by molar-refractivity contribution is 0.354. The number of aliphatic imine (C=N–C) groups is 1. The van der Waals surface area contributed by atoms with E-state index in [0.717, 1.165) is 29.0 Å². The second kappa shape index (κ2) is 7.82. The minimum absolute atomic E-state index is 0.584. The van der Waals surface area contributed by atoms with Crippen molar-refractivity contribution in [2.24, 2.45) is 4.99 Å². The summed E-state index contributed by atoms with van der Waals surface area (Å²) in [5.41, 5.74) is 4.43. The molecule has 3 nitrogen and oxygen atoms in total. The van der Waals surface area contributed by atoms with Crippen molar-refractivity contribution in [3.8, 4) is 11.5 Å². The van der Waals surface area contributed by atoms with Crippen molar-refractivity contribution in [1.82, 2.24) is 0 Å². The van der Waals surface area contributed by atoms with Crippen LogP contribution in [-0.2, 0) is 0 Å². The highest BCUT2D eigenvalue weighted by Crippen LogP contribution is 2.30. The quantitative estimate of drug-likeness (QED) is 0.680. The molecule has 0 bridgehead atoms. The molecule has 1 atom stereocenters. The Morgan fingerprint density at radius 2 is 1.65 bits per heavy atom. The van der Waals surface area contributed by atoms with Crippen LogP contribution in [0.15, 0.2) is 41.4 Å². The van der Waals surface area contributed by atoms with Gasteiger partial charge in [0.15, 0.2) is 11.5 Å². The number of nitrogens with zero attached hydrogens (tertiary/aromatic N) is 1. The average molecular weight is 311 g/mol. The molecule has 3 heteroatoms. The van der Waals surface area contributed by atoms with E-state index in [9.17, 15) is 0 Å². The van der Waals surface area contributed by atoms with E-state index in [2.05, 4.69) is 43.1 Å². The zero-order valence-electron chi connectivity index (χ0n) is 14.6. The third-order valence-electron chi connectivity index (χ3n) is 4.20. The van der Waals surface area contributed by atoms with Crippen LogP contribution in [0.4, 0.5) is 5.69 Å². The van der Waals surface area contributed by atoms with Gasteiger partial charge in [0.05, 0.1) is 19.9 Å². The zero-order chi connectivity index (χ0) is 16.8. The normalized spacial score (nSPS) is 12.4. The van der Waals surface area contributed by atoms with Gasteiger partial charge in [-0.2, -0.15) is 0 Å². The van der Waals surface area contributed by atoms with Crippen molar-refractivity contribution in [3.63, 3.8) is 0 Å². The largest absolute Gasteiger partial charge is 0.493 e. The number of rotatable bonds is 6. The van der Waals surface area contributed by atoms with Crippen molar-refractivity contribution >= 4 is 11.9 Å². The number of hydrogen-bond acceptors (Lipinski definition) is 3. The molecule has 0 saturated carbocycles. The fourth-order valence-electron chi connectivity index (χ4n) is 2.40. The molecule has 0 aliphatic heterocycles. The maximum absolute atomic E-state index is 5.35. The highest BCUT2D eigenvalue weighted by molar-refractivity contribution is 5.85. The van der Waals surface area contributed by atoms with Crippen molar-refractivity contribution in [1.29, 1.82) is 0 Å². The van der Waals surface area contributed by atoms with Crippen LogP contribution in [0.1, 0.15) is 42.9 Å². The lowest BCUT2D eigenvalue weighted by Crippen LogP contribution is -1.95. The molecule has 0 aliphatic rings. The van der Waals surface area contributed by atoms with Gasteiger partial charge >= 0.3 is 0 Å². The van der Waals surface area contributed by atoms with Gasteiger partial charge in [-0.25, -0.2) is 0 Å². The van der Waals surface area contributed by atoms with Gasteiger partial charge in [0, 0.05) is 6.21 Å². The molecule has 0 heterocycles. The van der Waals surface area contributed by atoms with Crippen LogP contribution >= 0.6 is 0 Å². The molecule has 0 fully saturated rings. The fourth-order valence-corrected chi connectivity index (χ4v) is 2.40. The standard InChI is InChI=1S/C20H25NO2/c1-6-14(2)16-7-9-18(10-8-16)21-13-17-12-20(23-5)19(22-4)11-15(17)3/h7-14H,6H2,1-5H3/t14-/m0/s1.